The predicted molar refractivity (Wildman–Crippen MR) is 87.8 cm³/mol. The third kappa shape index (κ3) is 3.36. The SMILES string of the molecule is CCCCCCc1ccc2c(n1)[C@H](C)C[C@](C)(CC)C2=O. The molecule has 2 nitrogen and oxygen atoms in total. The summed E-state index contributed by atoms with van der Waals surface area (Å²) in [5, 5.41) is 0. The maximum atomic E-state index is 12.7. The first kappa shape index (κ1) is 16.2. The highest BCUT2D eigenvalue weighted by atomic mass is 16.1. The highest BCUT2D eigenvalue weighted by molar-refractivity contribution is 6.02. The van der Waals surface area contributed by atoms with Crippen molar-refractivity contribution >= 4 is 5.78 Å². The molecule has 21 heavy (non-hydrogen) atoms. The number of hydrogen-bond acceptors (Lipinski definition) is 2. The molecule has 1 heterocycles. The number of unbranched alkanes of at least 4 members (excludes halogenated alkanes) is 3. The summed E-state index contributed by atoms with van der Waals surface area (Å²) in [5.74, 6) is 0.682. The third-order valence-corrected chi connectivity index (χ3v) is 5.07. The molecule has 1 aliphatic carbocycles. The van der Waals surface area contributed by atoms with E-state index in [2.05, 4.69) is 33.8 Å². The average molecular weight is 287 g/mol. The molecule has 1 aliphatic rings. The van der Waals surface area contributed by atoms with E-state index in [4.69, 9.17) is 4.98 Å². The Morgan fingerprint density at radius 3 is 2.67 bits per heavy atom. The molecule has 2 heteroatoms. The molecule has 0 amide bonds. The Balaban J connectivity index is 2.17. The lowest BCUT2D eigenvalue weighted by molar-refractivity contribution is 0.0760. The summed E-state index contributed by atoms with van der Waals surface area (Å²) >= 11 is 0. The number of Topliss-reactive ketones (excluding diaryl/α,β-unsaturated/α-hetero) is 1. The van der Waals surface area contributed by atoms with Crippen LogP contribution < -0.4 is 0 Å². The zero-order valence-corrected chi connectivity index (χ0v) is 14.0. The summed E-state index contributed by atoms with van der Waals surface area (Å²) in [5.41, 5.74) is 2.87. The zero-order chi connectivity index (χ0) is 15.5. The summed E-state index contributed by atoms with van der Waals surface area (Å²) in [4.78, 5) is 17.5. The fourth-order valence-electron chi connectivity index (χ4n) is 3.45. The number of aromatic nitrogens is 1. The van der Waals surface area contributed by atoms with Gasteiger partial charge in [-0.15, -0.1) is 0 Å². The molecule has 0 radical (unpaired) electrons. The van der Waals surface area contributed by atoms with Crippen LogP contribution in [0.15, 0.2) is 12.1 Å². The number of hydrogen-bond donors (Lipinski definition) is 0. The van der Waals surface area contributed by atoms with Crippen LogP contribution in [0.4, 0.5) is 0 Å². The van der Waals surface area contributed by atoms with Crippen LogP contribution in [0.25, 0.3) is 0 Å². The van der Waals surface area contributed by atoms with E-state index in [1.54, 1.807) is 0 Å². The number of aryl methyl sites for hydroxylation is 1. The van der Waals surface area contributed by atoms with Crippen molar-refractivity contribution in [1.29, 1.82) is 0 Å². The Hall–Kier alpha value is -1.18. The van der Waals surface area contributed by atoms with Crippen molar-refractivity contribution in [3.05, 3.63) is 29.1 Å². The molecule has 1 aromatic rings. The van der Waals surface area contributed by atoms with Crippen LogP contribution in [0, 0.1) is 5.41 Å². The number of ketones is 1. The molecule has 0 N–H and O–H groups in total. The van der Waals surface area contributed by atoms with Crippen molar-refractivity contribution in [2.75, 3.05) is 0 Å². The van der Waals surface area contributed by atoms with Gasteiger partial charge in [0.25, 0.3) is 0 Å². The molecule has 116 valence electrons. The molecule has 0 aliphatic heterocycles. The maximum Gasteiger partial charge on any atom is 0.170 e. The highest BCUT2D eigenvalue weighted by Crippen LogP contribution is 2.43. The van der Waals surface area contributed by atoms with E-state index >= 15 is 0 Å². The molecular formula is C19H29NO. The second-order valence-corrected chi connectivity index (χ2v) is 6.89. The quantitative estimate of drug-likeness (QED) is 0.664. The fraction of sp³-hybridized carbons (Fsp3) is 0.684. The number of carbonyl (C=O) groups is 1. The Bertz CT molecular complexity index is 508. The van der Waals surface area contributed by atoms with Gasteiger partial charge in [-0.2, -0.15) is 0 Å². The summed E-state index contributed by atoms with van der Waals surface area (Å²) in [6.45, 7) is 8.67. The minimum absolute atomic E-state index is 0.198. The summed E-state index contributed by atoms with van der Waals surface area (Å²) in [7, 11) is 0. The Morgan fingerprint density at radius 2 is 2.00 bits per heavy atom. The van der Waals surface area contributed by atoms with Crippen LogP contribution in [-0.2, 0) is 6.42 Å². The topological polar surface area (TPSA) is 30.0 Å². The Kier molecular flexibility index (Phi) is 5.18. The second kappa shape index (κ2) is 6.72. The van der Waals surface area contributed by atoms with Crippen molar-refractivity contribution in [3.8, 4) is 0 Å². The van der Waals surface area contributed by atoms with E-state index in [0.717, 1.165) is 36.2 Å². The van der Waals surface area contributed by atoms with Gasteiger partial charge in [0, 0.05) is 22.6 Å². The first-order valence-electron chi connectivity index (χ1n) is 8.56. The fourth-order valence-corrected chi connectivity index (χ4v) is 3.45. The summed E-state index contributed by atoms with van der Waals surface area (Å²) in [6, 6.07) is 4.10. The van der Waals surface area contributed by atoms with Gasteiger partial charge in [-0.1, -0.05) is 47.0 Å². The average Bonchev–Trinajstić information content (AvgIpc) is 2.49. The van der Waals surface area contributed by atoms with E-state index in [9.17, 15) is 4.79 Å². The zero-order valence-electron chi connectivity index (χ0n) is 14.0. The normalized spacial score (nSPS) is 25.0. The molecule has 0 spiro atoms. The Labute approximate surface area is 129 Å². The molecule has 0 saturated carbocycles. The second-order valence-electron chi connectivity index (χ2n) is 6.89. The molecule has 2 atom stereocenters. The van der Waals surface area contributed by atoms with E-state index in [0.29, 0.717) is 11.7 Å². The van der Waals surface area contributed by atoms with Crippen molar-refractivity contribution in [2.45, 2.75) is 78.6 Å². The van der Waals surface area contributed by atoms with E-state index < -0.39 is 0 Å². The van der Waals surface area contributed by atoms with Gasteiger partial charge in [-0.25, -0.2) is 0 Å². The first-order valence-corrected chi connectivity index (χ1v) is 8.56. The predicted octanol–water partition coefficient (Wildman–Crippen LogP) is 5.31. The Morgan fingerprint density at radius 1 is 1.24 bits per heavy atom. The van der Waals surface area contributed by atoms with Gasteiger partial charge in [0.15, 0.2) is 5.78 Å². The van der Waals surface area contributed by atoms with Gasteiger partial charge >= 0.3 is 0 Å². The van der Waals surface area contributed by atoms with Crippen LogP contribution in [0.1, 0.15) is 93.9 Å². The van der Waals surface area contributed by atoms with Gasteiger partial charge in [-0.05, 0) is 37.8 Å². The standard InChI is InChI=1S/C19H29NO/c1-5-7-8-9-10-15-11-12-16-17(20-15)14(3)13-19(4,6-2)18(16)21/h11-12,14H,5-10,13H2,1-4H3/t14-,19+/m1/s1. The van der Waals surface area contributed by atoms with Crippen molar-refractivity contribution in [2.24, 2.45) is 5.41 Å². The minimum Gasteiger partial charge on any atom is -0.293 e. The van der Waals surface area contributed by atoms with Gasteiger partial charge in [0.1, 0.15) is 0 Å². The van der Waals surface area contributed by atoms with Crippen LogP contribution >= 0.6 is 0 Å². The van der Waals surface area contributed by atoms with Gasteiger partial charge in [0.2, 0.25) is 0 Å². The largest absolute Gasteiger partial charge is 0.293 e. The molecule has 2 rings (SSSR count). The number of nitrogens with zero attached hydrogens (tertiary/aromatic N) is 1. The lowest BCUT2D eigenvalue weighted by Gasteiger charge is -2.35. The molecule has 0 bridgehead atoms. The molecule has 1 aromatic heterocycles. The smallest absolute Gasteiger partial charge is 0.170 e. The van der Waals surface area contributed by atoms with Crippen LogP contribution in [0.2, 0.25) is 0 Å². The molecule has 0 unspecified atom stereocenters. The summed E-state index contributed by atoms with van der Waals surface area (Å²) < 4.78 is 0. The maximum absolute atomic E-state index is 12.7. The number of pyridine rings is 1. The van der Waals surface area contributed by atoms with Crippen molar-refractivity contribution in [3.63, 3.8) is 0 Å². The monoisotopic (exact) mass is 287 g/mol. The number of rotatable bonds is 6. The van der Waals surface area contributed by atoms with Crippen molar-refractivity contribution in [1.82, 2.24) is 4.98 Å². The van der Waals surface area contributed by atoms with Gasteiger partial charge < -0.3 is 0 Å². The minimum atomic E-state index is -0.198. The summed E-state index contributed by atoms with van der Waals surface area (Å²) in [6.07, 6.45) is 7.93. The third-order valence-electron chi connectivity index (χ3n) is 5.07. The van der Waals surface area contributed by atoms with Crippen molar-refractivity contribution < 1.29 is 4.79 Å². The lowest BCUT2D eigenvalue weighted by atomic mass is 9.68. The molecule has 0 aromatic carbocycles. The van der Waals surface area contributed by atoms with Crippen LogP contribution in [0.3, 0.4) is 0 Å². The van der Waals surface area contributed by atoms with E-state index in [1.165, 1.54) is 25.7 Å². The molecule has 0 saturated heterocycles. The lowest BCUT2D eigenvalue weighted by Crippen LogP contribution is -2.35. The molecular weight excluding hydrogens is 258 g/mol. The van der Waals surface area contributed by atoms with Crippen LogP contribution in [-0.4, -0.2) is 10.8 Å². The molecule has 0 fully saturated rings. The first-order chi connectivity index (χ1) is 10.0. The van der Waals surface area contributed by atoms with Gasteiger partial charge in [-0.3, -0.25) is 9.78 Å². The van der Waals surface area contributed by atoms with Crippen LogP contribution in [0.5, 0.6) is 0 Å². The van der Waals surface area contributed by atoms with E-state index in [1.807, 2.05) is 6.07 Å². The number of carbonyl (C=O) groups excluding carboxylic acids is 1. The van der Waals surface area contributed by atoms with Gasteiger partial charge in [0.05, 0.1) is 5.69 Å². The van der Waals surface area contributed by atoms with E-state index in [-0.39, 0.29) is 5.41 Å². The highest BCUT2D eigenvalue weighted by Gasteiger charge is 2.40. The number of fused-ring (bicyclic) bond motifs is 1.